The molecule has 0 amide bonds. The Bertz CT molecular complexity index is 574. The summed E-state index contributed by atoms with van der Waals surface area (Å²) in [6.45, 7) is 13.2. The van der Waals surface area contributed by atoms with Crippen molar-refractivity contribution < 1.29 is 0 Å². The summed E-state index contributed by atoms with van der Waals surface area (Å²) in [5.41, 5.74) is 3.31. The maximum atomic E-state index is 4.68. The second kappa shape index (κ2) is 4.01. The lowest BCUT2D eigenvalue weighted by molar-refractivity contribution is 0.517. The normalized spacial score (nSPS) is 13.0. The van der Waals surface area contributed by atoms with Gasteiger partial charge in [0.05, 0.1) is 11.9 Å². The standard InChI is InChI=1S/C15H21N3/c1-14(2,3)11-12-10(7-8-17-18-12)9-16-13(11)15(4,5)6/h7-9H,1-6H3. The zero-order valence-electron chi connectivity index (χ0n) is 12.1. The van der Waals surface area contributed by atoms with Gasteiger partial charge in [-0.3, -0.25) is 4.98 Å². The van der Waals surface area contributed by atoms with Gasteiger partial charge in [0.2, 0.25) is 0 Å². The highest BCUT2D eigenvalue weighted by Gasteiger charge is 2.29. The Morgan fingerprint density at radius 3 is 2.17 bits per heavy atom. The summed E-state index contributed by atoms with van der Waals surface area (Å²) in [6, 6.07) is 1.97. The van der Waals surface area contributed by atoms with Crippen LogP contribution in [0, 0.1) is 0 Å². The van der Waals surface area contributed by atoms with E-state index >= 15 is 0 Å². The van der Waals surface area contributed by atoms with E-state index in [4.69, 9.17) is 0 Å². The predicted octanol–water partition coefficient (Wildman–Crippen LogP) is 3.62. The van der Waals surface area contributed by atoms with Crippen molar-refractivity contribution in [2.24, 2.45) is 0 Å². The molecule has 96 valence electrons. The van der Waals surface area contributed by atoms with Crippen LogP contribution in [0.1, 0.15) is 52.8 Å². The summed E-state index contributed by atoms with van der Waals surface area (Å²) in [5, 5.41) is 9.42. The molecule has 3 nitrogen and oxygen atoms in total. The molecule has 0 aliphatic heterocycles. The summed E-state index contributed by atoms with van der Waals surface area (Å²) in [6.07, 6.45) is 3.62. The average molecular weight is 243 g/mol. The van der Waals surface area contributed by atoms with Crippen molar-refractivity contribution in [3.8, 4) is 0 Å². The van der Waals surface area contributed by atoms with Crippen LogP contribution < -0.4 is 0 Å². The second-order valence-electron chi connectivity index (χ2n) is 6.82. The maximum absolute atomic E-state index is 4.68. The van der Waals surface area contributed by atoms with Gasteiger partial charge in [0.1, 0.15) is 5.52 Å². The lowest BCUT2D eigenvalue weighted by Gasteiger charge is -2.29. The minimum atomic E-state index is 0.00512. The number of pyridine rings is 1. The molecule has 0 fully saturated rings. The van der Waals surface area contributed by atoms with Gasteiger partial charge in [-0.1, -0.05) is 41.5 Å². The fourth-order valence-electron chi connectivity index (χ4n) is 2.23. The van der Waals surface area contributed by atoms with Crippen molar-refractivity contribution in [1.82, 2.24) is 15.2 Å². The molecule has 18 heavy (non-hydrogen) atoms. The summed E-state index contributed by atoms with van der Waals surface area (Å²) < 4.78 is 0. The van der Waals surface area contributed by atoms with E-state index in [2.05, 4.69) is 56.7 Å². The highest BCUT2D eigenvalue weighted by atomic mass is 15.1. The maximum Gasteiger partial charge on any atom is 0.100 e. The monoisotopic (exact) mass is 243 g/mol. The Morgan fingerprint density at radius 1 is 0.944 bits per heavy atom. The van der Waals surface area contributed by atoms with Crippen LogP contribution in [0.5, 0.6) is 0 Å². The van der Waals surface area contributed by atoms with E-state index < -0.39 is 0 Å². The summed E-state index contributed by atoms with van der Waals surface area (Å²) in [4.78, 5) is 4.68. The molecule has 0 spiro atoms. The molecule has 2 heterocycles. The van der Waals surface area contributed by atoms with Gasteiger partial charge in [-0.05, 0) is 11.5 Å². The van der Waals surface area contributed by atoms with Gasteiger partial charge in [-0.2, -0.15) is 10.2 Å². The average Bonchev–Trinajstić information content (AvgIpc) is 2.24. The van der Waals surface area contributed by atoms with E-state index in [1.165, 1.54) is 5.56 Å². The minimum absolute atomic E-state index is 0.00512. The summed E-state index contributed by atoms with van der Waals surface area (Å²) >= 11 is 0. The zero-order valence-corrected chi connectivity index (χ0v) is 12.1. The summed E-state index contributed by atoms with van der Waals surface area (Å²) in [5.74, 6) is 0. The van der Waals surface area contributed by atoms with Crippen molar-refractivity contribution in [3.63, 3.8) is 0 Å². The largest absolute Gasteiger partial charge is 0.260 e. The van der Waals surface area contributed by atoms with Gasteiger partial charge >= 0.3 is 0 Å². The third-order valence-corrected chi connectivity index (χ3v) is 3.02. The fourth-order valence-corrected chi connectivity index (χ4v) is 2.23. The first kappa shape index (κ1) is 12.9. The molecule has 3 heteroatoms. The molecule has 0 bridgehead atoms. The molecule has 0 aliphatic rings. The van der Waals surface area contributed by atoms with Gasteiger partial charge in [0, 0.05) is 22.6 Å². The van der Waals surface area contributed by atoms with Crippen LogP contribution in [0.25, 0.3) is 10.9 Å². The van der Waals surface area contributed by atoms with E-state index in [0.29, 0.717) is 0 Å². The quantitative estimate of drug-likeness (QED) is 0.709. The van der Waals surface area contributed by atoms with Crippen molar-refractivity contribution in [1.29, 1.82) is 0 Å². The number of hydrogen-bond acceptors (Lipinski definition) is 3. The molecule has 2 aromatic heterocycles. The molecule has 0 saturated carbocycles. The molecular weight excluding hydrogens is 222 g/mol. The highest BCUT2D eigenvalue weighted by Crippen LogP contribution is 2.35. The van der Waals surface area contributed by atoms with E-state index in [9.17, 15) is 0 Å². The lowest BCUT2D eigenvalue weighted by Crippen LogP contribution is -2.24. The van der Waals surface area contributed by atoms with Crippen LogP contribution in [0.4, 0.5) is 0 Å². The molecule has 0 atom stereocenters. The Kier molecular flexibility index (Phi) is 2.88. The van der Waals surface area contributed by atoms with Crippen LogP contribution in [0.3, 0.4) is 0 Å². The Morgan fingerprint density at radius 2 is 1.61 bits per heavy atom. The van der Waals surface area contributed by atoms with Crippen LogP contribution in [-0.4, -0.2) is 15.2 Å². The molecule has 2 rings (SSSR count). The fraction of sp³-hybridized carbons (Fsp3) is 0.533. The Balaban J connectivity index is 2.89. The number of rotatable bonds is 0. The SMILES string of the molecule is CC(C)(C)c1ncc2ccnnc2c1C(C)(C)C. The first-order valence-electron chi connectivity index (χ1n) is 6.32. The van der Waals surface area contributed by atoms with Crippen molar-refractivity contribution in [2.75, 3.05) is 0 Å². The third kappa shape index (κ3) is 2.22. The number of nitrogens with zero attached hydrogens (tertiary/aromatic N) is 3. The lowest BCUT2D eigenvalue weighted by atomic mass is 9.77. The molecule has 0 unspecified atom stereocenters. The first-order chi connectivity index (χ1) is 8.21. The van der Waals surface area contributed by atoms with Gasteiger partial charge in [0.25, 0.3) is 0 Å². The number of hydrogen-bond donors (Lipinski definition) is 0. The van der Waals surface area contributed by atoms with E-state index in [-0.39, 0.29) is 10.8 Å². The predicted molar refractivity (Wildman–Crippen MR) is 74.7 cm³/mol. The van der Waals surface area contributed by atoms with Gasteiger partial charge < -0.3 is 0 Å². The smallest absolute Gasteiger partial charge is 0.100 e. The van der Waals surface area contributed by atoms with Crippen molar-refractivity contribution in [3.05, 3.63) is 29.7 Å². The highest BCUT2D eigenvalue weighted by molar-refractivity contribution is 5.82. The van der Waals surface area contributed by atoms with Crippen LogP contribution in [-0.2, 0) is 10.8 Å². The number of aromatic nitrogens is 3. The molecule has 0 aliphatic carbocycles. The van der Waals surface area contributed by atoms with Crippen LogP contribution >= 0.6 is 0 Å². The molecule has 0 N–H and O–H groups in total. The van der Waals surface area contributed by atoms with E-state index in [1.807, 2.05) is 12.3 Å². The molecule has 0 aromatic carbocycles. The zero-order chi connectivity index (χ0) is 13.6. The molecule has 2 aromatic rings. The van der Waals surface area contributed by atoms with Gasteiger partial charge in [-0.25, -0.2) is 0 Å². The number of fused-ring (bicyclic) bond motifs is 1. The van der Waals surface area contributed by atoms with Crippen LogP contribution in [0.15, 0.2) is 18.5 Å². The first-order valence-corrected chi connectivity index (χ1v) is 6.32. The molecule has 0 saturated heterocycles. The van der Waals surface area contributed by atoms with Crippen molar-refractivity contribution >= 4 is 10.9 Å². The minimum Gasteiger partial charge on any atom is -0.260 e. The third-order valence-electron chi connectivity index (χ3n) is 3.02. The van der Waals surface area contributed by atoms with Crippen LogP contribution in [0.2, 0.25) is 0 Å². The topological polar surface area (TPSA) is 38.7 Å². The van der Waals surface area contributed by atoms with E-state index in [0.717, 1.165) is 16.6 Å². The summed E-state index contributed by atoms with van der Waals surface area (Å²) in [7, 11) is 0. The second-order valence-corrected chi connectivity index (χ2v) is 6.82. The molecular formula is C15H21N3. The van der Waals surface area contributed by atoms with E-state index in [1.54, 1.807) is 6.20 Å². The van der Waals surface area contributed by atoms with Crippen molar-refractivity contribution in [2.45, 2.75) is 52.4 Å². The Labute approximate surface area is 109 Å². The van der Waals surface area contributed by atoms with Gasteiger partial charge in [-0.15, -0.1) is 0 Å². The Hall–Kier alpha value is -1.51. The van der Waals surface area contributed by atoms with Gasteiger partial charge in [0.15, 0.2) is 0 Å². The molecule has 0 radical (unpaired) electrons.